The summed E-state index contributed by atoms with van der Waals surface area (Å²) in [5, 5.41) is 9.92. The van der Waals surface area contributed by atoms with Gasteiger partial charge >= 0.3 is 0 Å². The molecule has 0 bridgehead atoms. The summed E-state index contributed by atoms with van der Waals surface area (Å²) in [5.74, 6) is 1.39. The molecule has 0 aromatic rings. The van der Waals surface area contributed by atoms with Crippen LogP contribution >= 0.6 is 0 Å². The molecule has 0 heterocycles. The van der Waals surface area contributed by atoms with Crippen molar-refractivity contribution in [1.29, 1.82) is 0 Å². The van der Waals surface area contributed by atoms with Crippen LogP contribution in [0.4, 0.5) is 0 Å². The lowest BCUT2D eigenvalue weighted by Crippen LogP contribution is -2.23. The van der Waals surface area contributed by atoms with Crippen molar-refractivity contribution >= 4 is 0 Å². The quantitative estimate of drug-likeness (QED) is 0.614. The highest BCUT2D eigenvalue weighted by Gasteiger charge is 2.67. The number of hydrogen-bond acceptors (Lipinski definition) is 1. The van der Waals surface area contributed by atoms with Gasteiger partial charge in [0, 0.05) is 0 Å². The van der Waals surface area contributed by atoms with Gasteiger partial charge in [-0.25, -0.2) is 0 Å². The van der Waals surface area contributed by atoms with Gasteiger partial charge in [-0.05, 0) is 43.4 Å². The van der Waals surface area contributed by atoms with E-state index in [2.05, 4.69) is 13.8 Å². The molecule has 2 fully saturated rings. The van der Waals surface area contributed by atoms with Crippen LogP contribution in [0, 0.1) is 17.3 Å². The molecule has 64 valence electrons. The first-order valence-corrected chi connectivity index (χ1v) is 4.71. The molecule has 1 nitrogen and oxygen atoms in total. The van der Waals surface area contributed by atoms with Gasteiger partial charge in [0.05, 0.1) is 5.60 Å². The van der Waals surface area contributed by atoms with E-state index in [1.54, 1.807) is 0 Å². The molecule has 3 atom stereocenters. The lowest BCUT2D eigenvalue weighted by molar-refractivity contribution is 0.0426. The van der Waals surface area contributed by atoms with E-state index < -0.39 is 0 Å². The summed E-state index contributed by atoms with van der Waals surface area (Å²) < 4.78 is 0. The topological polar surface area (TPSA) is 20.2 Å². The molecule has 2 aliphatic rings. The Kier molecular flexibility index (Phi) is 1.26. The second kappa shape index (κ2) is 1.82. The summed E-state index contributed by atoms with van der Waals surface area (Å²) in [5.41, 5.74) is 0.216. The van der Waals surface area contributed by atoms with Crippen LogP contribution in [0.25, 0.3) is 0 Å². The molecular formula is C10H18O. The SMILES string of the molecule is CC(C)[C@]12CC[C@](C)(O)C1C2. The first-order chi connectivity index (χ1) is 4.99. The Bertz CT molecular complexity index is 183. The molecule has 11 heavy (non-hydrogen) atoms. The zero-order valence-corrected chi connectivity index (χ0v) is 7.72. The fraction of sp³-hybridized carbons (Fsp3) is 1.00. The molecule has 2 aliphatic carbocycles. The first kappa shape index (κ1) is 7.60. The molecule has 0 aromatic carbocycles. The molecular weight excluding hydrogens is 136 g/mol. The van der Waals surface area contributed by atoms with Gasteiger partial charge in [0.2, 0.25) is 0 Å². The third-order valence-corrected chi connectivity index (χ3v) is 4.12. The Balaban J connectivity index is 2.17. The number of aliphatic hydroxyl groups is 1. The van der Waals surface area contributed by atoms with E-state index in [1.807, 2.05) is 6.92 Å². The molecule has 0 radical (unpaired) electrons. The second-order valence-electron chi connectivity index (χ2n) is 5.00. The van der Waals surface area contributed by atoms with Crippen LogP contribution in [0.2, 0.25) is 0 Å². The zero-order chi connectivity index (χ0) is 8.28. The maximum Gasteiger partial charge on any atom is 0.0653 e. The van der Waals surface area contributed by atoms with Crippen LogP contribution in [0.1, 0.15) is 40.0 Å². The number of rotatable bonds is 1. The highest BCUT2D eigenvalue weighted by Crippen LogP contribution is 2.70. The predicted molar refractivity (Wildman–Crippen MR) is 45.2 cm³/mol. The van der Waals surface area contributed by atoms with E-state index in [9.17, 15) is 5.11 Å². The highest BCUT2D eigenvalue weighted by molar-refractivity contribution is 5.16. The molecule has 2 rings (SSSR count). The van der Waals surface area contributed by atoms with Gasteiger partial charge in [0.1, 0.15) is 0 Å². The summed E-state index contributed by atoms with van der Waals surface area (Å²) in [7, 11) is 0. The normalized spacial score (nSPS) is 54.8. The smallest absolute Gasteiger partial charge is 0.0653 e. The Morgan fingerprint density at radius 1 is 1.36 bits per heavy atom. The Morgan fingerprint density at radius 2 is 2.00 bits per heavy atom. The van der Waals surface area contributed by atoms with Gasteiger partial charge in [-0.3, -0.25) is 0 Å². The zero-order valence-electron chi connectivity index (χ0n) is 7.72. The fourth-order valence-electron chi connectivity index (χ4n) is 3.02. The van der Waals surface area contributed by atoms with E-state index in [0.717, 1.165) is 12.3 Å². The van der Waals surface area contributed by atoms with Gasteiger partial charge in [-0.15, -0.1) is 0 Å². The maximum atomic E-state index is 9.92. The third kappa shape index (κ3) is 0.807. The predicted octanol–water partition coefficient (Wildman–Crippen LogP) is 2.19. The van der Waals surface area contributed by atoms with Crippen molar-refractivity contribution in [3.8, 4) is 0 Å². The average molecular weight is 154 g/mol. The molecule has 0 amide bonds. The molecule has 1 N–H and O–H groups in total. The van der Waals surface area contributed by atoms with Crippen LogP contribution in [-0.2, 0) is 0 Å². The van der Waals surface area contributed by atoms with E-state index in [0.29, 0.717) is 11.3 Å². The minimum Gasteiger partial charge on any atom is -0.390 e. The van der Waals surface area contributed by atoms with Crippen molar-refractivity contribution in [1.82, 2.24) is 0 Å². The first-order valence-electron chi connectivity index (χ1n) is 4.71. The van der Waals surface area contributed by atoms with Crippen molar-refractivity contribution in [2.75, 3.05) is 0 Å². The van der Waals surface area contributed by atoms with Crippen LogP contribution in [0.3, 0.4) is 0 Å². The van der Waals surface area contributed by atoms with Gasteiger partial charge in [0.15, 0.2) is 0 Å². The van der Waals surface area contributed by atoms with Crippen LogP contribution < -0.4 is 0 Å². The monoisotopic (exact) mass is 154 g/mol. The Labute approximate surface area is 68.8 Å². The van der Waals surface area contributed by atoms with Crippen LogP contribution in [-0.4, -0.2) is 10.7 Å². The summed E-state index contributed by atoms with van der Waals surface area (Å²) in [6.45, 7) is 6.59. The van der Waals surface area contributed by atoms with Crippen molar-refractivity contribution in [3.63, 3.8) is 0 Å². The third-order valence-electron chi connectivity index (χ3n) is 4.12. The summed E-state index contributed by atoms with van der Waals surface area (Å²) in [6, 6.07) is 0. The molecule has 0 aliphatic heterocycles. The molecule has 0 spiro atoms. The lowest BCUT2D eigenvalue weighted by Gasteiger charge is -2.17. The highest BCUT2D eigenvalue weighted by atomic mass is 16.3. The fourth-order valence-corrected chi connectivity index (χ4v) is 3.02. The molecule has 0 aromatic heterocycles. The van der Waals surface area contributed by atoms with E-state index >= 15 is 0 Å². The van der Waals surface area contributed by atoms with E-state index in [-0.39, 0.29) is 5.60 Å². The van der Waals surface area contributed by atoms with Crippen molar-refractivity contribution in [2.24, 2.45) is 17.3 Å². The summed E-state index contributed by atoms with van der Waals surface area (Å²) in [4.78, 5) is 0. The Morgan fingerprint density at radius 3 is 2.18 bits per heavy atom. The van der Waals surface area contributed by atoms with E-state index in [4.69, 9.17) is 0 Å². The minimum atomic E-state index is -0.329. The summed E-state index contributed by atoms with van der Waals surface area (Å²) >= 11 is 0. The maximum absolute atomic E-state index is 9.92. The van der Waals surface area contributed by atoms with E-state index in [1.165, 1.54) is 12.8 Å². The average Bonchev–Trinajstić information content (AvgIpc) is 2.54. The molecule has 1 heteroatoms. The molecule has 0 saturated heterocycles. The van der Waals surface area contributed by atoms with Crippen LogP contribution in [0.15, 0.2) is 0 Å². The lowest BCUT2D eigenvalue weighted by atomic mass is 9.90. The van der Waals surface area contributed by atoms with Gasteiger partial charge < -0.3 is 5.11 Å². The summed E-state index contributed by atoms with van der Waals surface area (Å²) in [6.07, 6.45) is 3.55. The van der Waals surface area contributed by atoms with Gasteiger partial charge in [-0.2, -0.15) is 0 Å². The van der Waals surface area contributed by atoms with Gasteiger partial charge in [-0.1, -0.05) is 13.8 Å². The largest absolute Gasteiger partial charge is 0.390 e. The molecule has 2 saturated carbocycles. The minimum absolute atomic E-state index is 0.329. The standard InChI is InChI=1S/C10H18O/c1-7(2)10-5-4-9(3,11)8(10)6-10/h7-8,11H,4-6H2,1-3H3/t8?,9-,10+/m0/s1. The van der Waals surface area contributed by atoms with Crippen molar-refractivity contribution < 1.29 is 5.11 Å². The van der Waals surface area contributed by atoms with Crippen molar-refractivity contribution in [2.45, 2.75) is 45.6 Å². The Hall–Kier alpha value is -0.0400. The van der Waals surface area contributed by atoms with Crippen molar-refractivity contribution in [3.05, 3.63) is 0 Å². The number of fused-ring (bicyclic) bond motifs is 1. The van der Waals surface area contributed by atoms with Gasteiger partial charge in [0.25, 0.3) is 0 Å². The van der Waals surface area contributed by atoms with Crippen LogP contribution in [0.5, 0.6) is 0 Å². The molecule has 1 unspecified atom stereocenters. The number of hydrogen-bond donors (Lipinski definition) is 1. The second-order valence-corrected chi connectivity index (χ2v) is 5.00.